The predicted octanol–water partition coefficient (Wildman–Crippen LogP) is 3.35. The summed E-state index contributed by atoms with van der Waals surface area (Å²) >= 11 is 1.65. The average molecular weight is 327 g/mol. The summed E-state index contributed by atoms with van der Waals surface area (Å²) in [5.41, 5.74) is 5.19. The van der Waals surface area contributed by atoms with Crippen molar-refractivity contribution in [2.75, 3.05) is 18.2 Å². The van der Waals surface area contributed by atoms with Gasteiger partial charge in [-0.3, -0.25) is 4.79 Å². The number of carbonyl (C=O) groups is 1. The Morgan fingerprint density at radius 1 is 1.13 bits per heavy atom. The standard InChI is InChI=1S/C18H21N3OS/c1-18(15-9-5-3-6-10-15)13-21(17(23-2)20(18)14-22)19-16-11-7-4-8-12-16/h3-12,14,17,19H,13H2,1-2H3/t17?,18-/m1/s1. The van der Waals surface area contributed by atoms with Gasteiger partial charge in [0.05, 0.1) is 5.54 Å². The van der Waals surface area contributed by atoms with Crippen LogP contribution in [-0.2, 0) is 10.3 Å². The van der Waals surface area contributed by atoms with E-state index in [1.807, 2.05) is 59.7 Å². The minimum atomic E-state index is -0.363. The Morgan fingerprint density at radius 3 is 2.30 bits per heavy atom. The highest BCUT2D eigenvalue weighted by Gasteiger charge is 2.48. The SMILES string of the molecule is CSC1N(Nc2ccccc2)C[C@](C)(c2ccccc2)N1C=O. The number of para-hydroxylation sites is 1. The molecule has 1 fully saturated rings. The summed E-state index contributed by atoms with van der Waals surface area (Å²) < 4.78 is 0. The van der Waals surface area contributed by atoms with Gasteiger partial charge < -0.3 is 10.3 Å². The molecule has 0 aromatic heterocycles. The van der Waals surface area contributed by atoms with E-state index in [4.69, 9.17) is 0 Å². The van der Waals surface area contributed by atoms with Crippen LogP contribution in [0.15, 0.2) is 60.7 Å². The second-order valence-corrected chi connectivity index (χ2v) is 6.71. The molecule has 23 heavy (non-hydrogen) atoms. The summed E-state index contributed by atoms with van der Waals surface area (Å²) in [5, 5.41) is 2.13. The molecule has 1 aliphatic rings. The van der Waals surface area contributed by atoms with Crippen LogP contribution >= 0.6 is 11.8 Å². The maximum atomic E-state index is 11.8. The lowest BCUT2D eigenvalue weighted by molar-refractivity contribution is -0.122. The molecule has 1 saturated heterocycles. The van der Waals surface area contributed by atoms with E-state index < -0.39 is 0 Å². The zero-order valence-corrected chi connectivity index (χ0v) is 14.2. The van der Waals surface area contributed by atoms with E-state index in [9.17, 15) is 4.79 Å². The number of hydrazine groups is 1. The van der Waals surface area contributed by atoms with Gasteiger partial charge in [-0.15, -0.1) is 11.8 Å². The number of benzene rings is 2. The molecule has 1 aliphatic heterocycles. The maximum Gasteiger partial charge on any atom is 0.212 e. The molecule has 1 N–H and O–H groups in total. The van der Waals surface area contributed by atoms with Crippen LogP contribution in [0, 0.1) is 0 Å². The number of nitrogens with zero attached hydrogens (tertiary/aromatic N) is 2. The second-order valence-electron chi connectivity index (χ2n) is 5.82. The topological polar surface area (TPSA) is 35.6 Å². The lowest BCUT2D eigenvalue weighted by Crippen LogP contribution is -2.43. The number of thioether (sulfide) groups is 1. The first kappa shape index (κ1) is 15.9. The van der Waals surface area contributed by atoms with Crippen molar-refractivity contribution in [2.24, 2.45) is 0 Å². The Morgan fingerprint density at radius 2 is 1.74 bits per heavy atom. The molecule has 0 radical (unpaired) electrons. The molecule has 0 saturated carbocycles. The van der Waals surface area contributed by atoms with Gasteiger partial charge in [-0.25, -0.2) is 0 Å². The molecule has 2 aromatic carbocycles. The molecular weight excluding hydrogens is 306 g/mol. The molecule has 1 unspecified atom stereocenters. The van der Waals surface area contributed by atoms with Crippen LogP contribution in [-0.4, -0.2) is 34.6 Å². The molecule has 0 bridgehead atoms. The summed E-state index contributed by atoms with van der Waals surface area (Å²) in [6.07, 6.45) is 2.98. The molecule has 0 aliphatic carbocycles. The van der Waals surface area contributed by atoms with Crippen LogP contribution in [0.4, 0.5) is 5.69 Å². The number of rotatable bonds is 5. The number of hydrogen-bond donors (Lipinski definition) is 1. The first-order chi connectivity index (χ1) is 11.2. The van der Waals surface area contributed by atoms with Crippen LogP contribution in [0.3, 0.4) is 0 Å². The van der Waals surface area contributed by atoms with Gasteiger partial charge in [-0.2, -0.15) is 5.01 Å². The minimum absolute atomic E-state index is 0.0575. The molecule has 120 valence electrons. The Labute approximate surface area is 141 Å². The first-order valence-corrected chi connectivity index (χ1v) is 8.88. The third-order valence-corrected chi connectivity index (χ3v) is 5.22. The highest BCUT2D eigenvalue weighted by atomic mass is 32.2. The van der Waals surface area contributed by atoms with Crippen molar-refractivity contribution in [1.29, 1.82) is 0 Å². The van der Waals surface area contributed by atoms with Crippen molar-refractivity contribution in [3.05, 3.63) is 66.2 Å². The van der Waals surface area contributed by atoms with Crippen LogP contribution < -0.4 is 5.43 Å². The van der Waals surface area contributed by atoms with Gasteiger partial charge in [0, 0.05) is 12.2 Å². The fraction of sp³-hybridized carbons (Fsp3) is 0.278. The molecule has 2 aromatic rings. The van der Waals surface area contributed by atoms with E-state index >= 15 is 0 Å². The van der Waals surface area contributed by atoms with Gasteiger partial charge in [-0.05, 0) is 30.9 Å². The van der Waals surface area contributed by atoms with E-state index in [-0.39, 0.29) is 11.0 Å². The van der Waals surface area contributed by atoms with Crippen molar-refractivity contribution < 1.29 is 4.79 Å². The summed E-state index contributed by atoms with van der Waals surface area (Å²) in [7, 11) is 0. The van der Waals surface area contributed by atoms with Crippen molar-refractivity contribution in [3.8, 4) is 0 Å². The lowest BCUT2D eigenvalue weighted by atomic mass is 9.92. The second kappa shape index (κ2) is 6.64. The van der Waals surface area contributed by atoms with Gasteiger partial charge in [0.1, 0.15) is 5.50 Å². The van der Waals surface area contributed by atoms with E-state index in [1.54, 1.807) is 11.8 Å². The monoisotopic (exact) mass is 327 g/mol. The first-order valence-electron chi connectivity index (χ1n) is 7.59. The largest absolute Gasteiger partial charge is 0.316 e. The summed E-state index contributed by atoms with van der Waals surface area (Å²) in [4.78, 5) is 13.7. The highest BCUT2D eigenvalue weighted by Crippen LogP contribution is 2.40. The molecule has 5 heteroatoms. The minimum Gasteiger partial charge on any atom is -0.316 e. The molecule has 4 nitrogen and oxygen atoms in total. The smallest absolute Gasteiger partial charge is 0.212 e. The van der Waals surface area contributed by atoms with Gasteiger partial charge in [-0.1, -0.05) is 48.5 Å². The number of amides is 1. The van der Waals surface area contributed by atoms with Crippen molar-refractivity contribution in [2.45, 2.75) is 18.0 Å². The molecular formula is C18H21N3OS. The third kappa shape index (κ3) is 2.94. The fourth-order valence-electron chi connectivity index (χ4n) is 3.11. The molecule has 1 heterocycles. The van der Waals surface area contributed by atoms with Gasteiger partial charge in [0.15, 0.2) is 0 Å². The van der Waals surface area contributed by atoms with Crippen LogP contribution in [0.1, 0.15) is 12.5 Å². The Bertz CT molecular complexity index is 652. The Kier molecular flexibility index (Phi) is 4.59. The van der Waals surface area contributed by atoms with E-state index in [0.29, 0.717) is 0 Å². The van der Waals surface area contributed by atoms with Gasteiger partial charge in [0.2, 0.25) is 6.41 Å². The van der Waals surface area contributed by atoms with E-state index in [2.05, 4.69) is 29.5 Å². The predicted molar refractivity (Wildman–Crippen MR) is 95.8 cm³/mol. The maximum absolute atomic E-state index is 11.8. The van der Waals surface area contributed by atoms with Crippen LogP contribution in [0.2, 0.25) is 0 Å². The third-order valence-electron chi connectivity index (χ3n) is 4.32. The average Bonchev–Trinajstić information content (AvgIpc) is 2.88. The summed E-state index contributed by atoms with van der Waals surface area (Å²) in [6.45, 7) is 2.84. The van der Waals surface area contributed by atoms with Gasteiger partial charge in [0.25, 0.3) is 0 Å². The quantitative estimate of drug-likeness (QED) is 0.854. The Hall–Kier alpha value is -1.98. The number of hydrogen-bond acceptors (Lipinski definition) is 4. The Balaban J connectivity index is 1.92. The van der Waals surface area contributed by atoms with Crippen LogP contribution in [0.25, 0.3) is 0 Å². The van der Waals surface area contributed by atoms with Gasteiger partial charge >= 0.3 is 0 Å². The van der Waals surface area contributed by atoms with Crippen molar-refractivity contribution >= 4 is 23.9 Å². The highest BCUT2D eigenvalue weighted by molar-refractivity contribution is 7.99. The molecule has 1 amide bonds. The van der Waals surface area contributed by atoms with Crippen LogP contribution in [0.5, 0.6) is 0 Å². The number of nitrogens with one attached hydrogen (secondary N) is 1. The number of anilines is 1. The zero-order valence-electron chi connectivity index (χ0n) is 13.3. The summed E-state index contributed by atoms with van der Waals surface area (Å²) in [6, 6.07) is 20.3. The zero-order chi connectivity index (χ0) is 16.3. The fourth-order valence-corrected chi connectivity index (χ4v) is 4.00. The molecule has 3 rings (SSSR count). The van der Waals surface area contributed by atoms with E-state index in [1.165, 1.54) is 0 Å². The molecule has 0 spiro atoms. The molecule has 2 atom stereocenters. The lowest BCUT2D eigenvalue weighted by Gasteiger charge is -2.34. The van der Waals surface area contributed by atoms with Crippen molar-refractivity contribution in [1.82, 2.24) is 9.91 Å². The normalized spacial score (nSPS) is 24.6. The summed E-state index contributed by atoms with van der Waals surface area (Å²) in [5.74, 6) is 0. The van der Waals surface area contributed by atoms with Crippen molar-refractivity contribution in [3.63, 3.8) is 0 Å². The van der Waals surface area contributed by atoms with E-state index in [0.717, 1.165) is 24.2 Å². The number of carbonyl (C=O) groups excluding carboxylic acids is 1.